The van der Waals surface area contributed by atoms with Gasteiger partial charge in [0.1, 0.15) is 0 Å². The van der Waals surface area contributed by atoms with Gasteiger partial charge in [0, 0.05) is 0 Å². The topological polar surface area (TPSA) is 26.3 Å². The zero-order valence-electron chi connectivity index (χ0n) is 7.05. The maximum Gasteiger partial charge on any atom is 0.470 e. The second-order valence-electron chi connectivity index (χ2n) is 2.39. The molecule has 0 unspecified atom stereocenters. The molecule has 0 amide bonds. The summed E-state index contributed by atoms with van der Waals surface area (Å²) in [6, 6.07) is 0. The molecule has 0 aromatic heterocycles. The molecule has 0 atom stereocenters. The lowest BCUT2D eigenvalue weighted by atomic mass is 10.3. The van der Waals surface area contributed by atoms with Gasteiger partial charge in [-0.1, -0.05) is 6.58 Å². The van der Waals surface area contributed by atoms with E-state index in [1.807, 2.05) is 0 Å². The predicted octanol–water partition coefficient (Wildman–Crippen LogP) is 2.80. The lowest BCUT2D eigenvalue weighted by molar-refractivity contribution is -0.416. The van der Waals surface area contributed by atoms with Gasteiger partial charge in [0.2, 0.25) is 5.83 Å². The minimum atomic E-state index is -6.59. The van der Waals surface area contributed by atoms with E-state index in [1.54, 1.807) is 0 Å². The van der Waals surface area contributed by atoms with Crippen LogP contribution in [0.25, 0.3) is 0 Å². The monoisotopic (exact) mass is 258 g/mol. The fourth-order valence-electron chi connectivity index (χ4n) is 0.460. The van der Waals surface area contributed by atoms with Crippen molar-refractivity contribution in [3.8, 4) is 0 Å². The highest BCUT2D eigenvalue weighted by atomic mass is 19.4. The summed E-state index contributed by atoms with van der Waals surface area (Å²) in [4.78, 5) is 10.1. The van der Waals surface area contributed by atoms with Gasteiger partial charge in [-0.2, -0.15) is 35.1 Å². The maximum absolute atomic E-state index is 12.5. The molecule has 0 radical (unpaired) electrons. The highest BCUT2D eigenvalue weighted by Crippen LogP contribution is 2.47. The maximum atomic E-state index is 12.5. The summed E-state index contributed by atoms with van der Waals surface area (Å²) in [7, 11) is 0. The van der Waals surface area contributed by atoms with Crippen molar-refractivity contribution in [1.29, 1.82) is 0 Å². The van der Waals surface area contributed by atoms with Gasteiger partial charge in [0.15, 0.2) is 0 Å². The van der Waals surface area contributed by atoms with Crippen LogP contribution in [0.2, 0.25) is 0 Å². The van der Waals surface area contributed by atoms with Gasteiger partial charge in [0.05, 0.1) is 0 Å². The molecule has 0 fully saturated rings. The number of hydrogen-bond donors (Lipinski definition) is 0. The SMILES string of the molecule is C=C(F)C(=O)OC(F)(C(F)(F)F)C(F)(F)F. The lowest BCUT2D eigenvalue weighted by Gasteiger charge is -2.28. The highest BCUT2D eigenvalue weighted by molar-refractivity contribution is 5.85. The van der Waals surface area contributed by atoms with E-state index in [-0.39, 0.29) is 0 Å². The molecule has 94 valence electrons. The Kier molecular flexibility index (Phi) is 3.58. The summed E-state index contributed by atoms with van der Waals surface area (Å²) in [5, 5.41) is 0. The lowest BCUT2D eigenvalue weighted by Crippen LogP contribution is -2.56. The zero-order valence-corrected chi connectivity index (χ0v) is 7.05. The summed E-state index contributed by atoms with van der Waals surface area (Å²) >= 11 is 0. The fourth-order valence-corrected chi connectivity index (χ4v) is 0.460. The van der Waals surface area contributed by atoms with Crippen molar-refractivity contribution in [2.75, 3.05) is 0 Å². The summed E-state index contributed by atoms with van der Waals surface area (Å²) in [6.07, 6.45) is -13.2. The molecule has 16 heavy (non-hydrogen) atoms. The number of carbonyl (C=O) groups excluding carboxylic acids is 1. The van der Waals surface area contributed by atoms with Crippen molar-refractivity contribution in [3.05, 3.63) is 12.4 Å². The molecule has 0 aliphatic carbocycles. The summed E-state index contributed by atoms with van der Waals surface area (Å²) < 4.78 is 96.9. The van der Waals surface area contributed by atoms with Crippen LogP contribution in [0.5, 0.6) is 0 Å². The number of carbonyl (C=O) groups is 1. The second-order valence-corrected chi connectivity index (χ2v) is 2.39. The highest BCUT2D eigenvalue weighted by Gasteiger charge is 2.76. The molecule has 2 nitrogen and oxygen atoms in total. The summed E-state index contributed by atoms with van der Waals surface area (Å²) in [5.74, 6) is -11.4. The van der Waals surface area contributed by atoms with Crippen LogP contribution in [-0.2, 0) is 9.53 Å². The molecule has 0 aliphatic rings. The first-order valence-electron chi connectivity index (χ1n) is 3.23. The first-order chi connectivity index (χ1) is 6.83. The number of halogens is 8. The van der Waals surface area contributed by atoms with E-state index in [2.05, 4.69) is 11.3 Å². The first kappa shape index (κ1) is 14.7. The Balaban J connectivity index is 5.30. The van der Waals surface area contributed by atoms with Gasteiger partial charge in [-0.25, -0.2) is 4.79 Å². The smallest absolute Gasteiger partial charge is 0.407 e. The Bertz CT molecular complexity index is 287. The molecule has 0 rings (SSSR count). The van der Waals surface area contributed by atoms with Crippen LogP contribution < -0.4 is 0 Å². The quantitative estimate of drug-likeness (QED) is 0.432. The van der Waals surface area contributed by atoms with Crippen molar-refractivity contribution in [3.63, 3.8) is 0 Å². The number of ether oxygens (including phenoxy) is 1. The van der Waals surface area contributed by atoms with Crippen molar-refractivity contribution < 1.29 is 44.7 Å². The third-order valence-corrected chi connectivity index (χ3v) is 1.18. The van der Waals surface area contributed by atoms with Crippen LogP contribution >= 0.6 is 0 Å². The molecule has 0 spiro atoms. The van der Waals surface area contributed by atoms with E-state index in [0.29, 0.717) is 0 Å². The van der Waals surface area contributed by atoms with Gasteiger partial charge in [-0.05, 0) is 0 Å². The van der Waals surface area contributed by atoms with Gasteiger partial charge in [0.25, 0.3) is 0 Å². The number of alkyl halides is 7. The number of hydrogen-bond acceptors (Lipinski definition) is 2. The summed E-state index contributed by atoms with van der Waals surface area (Å²) in [6.45, 7) is 2.06. The molecule has 10 heteroatoms. The Morgan fingerprint density at radius 3 is 1.44 bits per heavy atom. The van der Waals surface area contributed by atoms with E-state index in [4.69, 9.17) is 0 Å². The number of esters is 1. The van der Waals surface area contributed by atoms with E-state index in [1.165, 1.54) is 0 Å². The van der Waals surface area contributed by atoms with E-state index < -0.39 is 30.0 Å². The normalized spacial score (nSPS) is 13.5. The Hall–Kier alpha value is -1.35. The van der Waals surface area contributed by atoms with Crippen LogP contribution in [0.1, 0.15) is 0 Å². The molecule has 0 aromatic rings. The van der Waals surface area contributed by atoms with E-state index in [0.717, 1.165) is 0 Å². The standard InChI is InChI=1S/C6H2F8O2/c1-2(7)3(15)16-4(8,5(9,10)11)6(12,13)14/h1H2. The van der Waals surface area contributed by atoms with Crippen molar-refractivity contribution in [1.82, 2.24) is 0 Å². The molecule has 0 saturated heterocycles. The molecular formula is C6H2F8O2. The van der Waals surface area contributed by atoms with Gasteiger partial charge in [-0.3, -0.25) is 0 Å². The molecule has 0 N–H and O–H groups in total. The van der Waals surface area contributed by atoms with Crippen LogP contribution in [0.15, 0.2) is 12.4 Å². The predicted molar refractivity (Wildman–Crippen MR) is 32.3 cm³/mol. The third kappa shape index (κ3) is 2.61. The molecule has 0 heterocycles. The molecule has 0 aliphatic heterocycles. The van der Waals surface area contributed by atoms with Gasteiger partial charge in [-0.15, -0.1) is 0 Å². The average molecular weight is 258 g/mol. The van der Waals surface area contributed by atoms with Crippen LogP contribution in [0.4, 0.5) is 35.1 Å². The summed E-state index contributed by atoms with van der Waals surface area (Å²) in [5.41, 5.74) is 0. The Labute approximate surface area is 82.5 Å². The molecule has 0 aromatic carbocycles. The fraction of sp³-hybridized carbons (Fsp3) is 0.500. The minimum Gasteiger partial charge on any atom is -0.407 e. The van der Waals surface area contributed by atoms with Crippen molar-refractivity contribution >= 4 is 5.97 Å². The van der Waals surface area contributed by atoms with Gasteiger partial charge >= 0.3 is 24.2 Å². The Morgan fingerprint density at radius 2 is 1.25 bits per heavy atom. The van der Waals surface area contributed by atoms with Gasteiger partial charge < -0.3 is 4.74 Å². The average Bonchev–Trinajstić information content (AvgIpc) is 1.99. The van der Waals surface area contributed by atoms with Crippen LogP contribution in [-0.4, -0.2) is 24.2 Å². The second kappa shape index (κ2) is 3.91. The number of rotatable bonds is 2. The first-order valence-corrected chi connectivity index (χ1v) is 3.23. The van der Waals surface area contributed by atoms with E-state index >= 15 is 0 Å². The third-order valence-electron chi connectivity index (χ3n) is 1.18. The van der Waals surface area contributed by atoms with Crippen molar-refractivity contribution in [2.24, 2.45) is 0 Å². The molecule has 0 saturated carbocycles. The Morgan fingerprint density at radius 1 is 0.938 bits per heavy atom. The zero-order chi connectivity index (χ0) is 13.4. The molecule has 0 bridgehead atoms. The largest absolute Gasteiger partial charge is 0.470 e. The van der Waals surface area contributed by atoms with Crippen molar-refractivity contribution in [2.45, 2.75) is 18.2 Å². The van der Waals surface area contributed by atoms with Crippen LogP contribution in [0, 0.1) is 0 Å². The molecular weight excluding hydrogens is 256 g/mol. The van der Waals surface area contributed by atoms with E-state index in [9.17, 15) is 39.9 Å². The minimum absolute atomic E-state index is 2.06. The van der Waals surface area contributed by atoms with Crippen LogP contribution in [0.3, 0.4) is 0 Å².